The van der Waals surface area contributed by atoms with Crippen molar-refractivity contribution >= 4 is 5.82 Å². The maximum atomic E-state index is 12.4. The monoisotopic (exact) mass is 246 g/mol. The van der Waals surface area contributed by atoms with Crippen LogP contribution in [-0.2, 0) is 0 Å². The molecule has 1 aromatic heterocycles. The second-order valence-electron chi connectivity index (χ2n) is 3.27. The molecule has 0 atom stereocenters. The first-order valence-electron chi connectivity index (χ1n) is 5.35. The predicted molar refractivity (Wildman–Crippen MR) is 60.5 cm³/mol. The summed E-state index contributed by atoms with van der Waals surface area (Å²) >= 11 is 0. The lowest BCUT2D eigenvalue weighted by Crippen LogP contribution is -2.34. The second-order valence-corrected chi connectivity index (χ2v) is 3.27. The Morgan fingerprint density at radius 3 is 2.82 bits per heavy atom. The molecule has 1 aromatic rings. The van der Waals surface area contributed by atoms with Crippen molar-refractivity contribution in [2.24, 2.45) is 5.73 Å². The molecule has 0 saturated heterocycles. The molecule has 0 aliphatic carbocycles. The molecule has 0 aliphatic rings. The fourth-order valence-corrected chi connectivity index (χ4v) is 1.33. The van der Waals surface area contributed by atoms with Gasteiger partial charge in [-0.05, 0) is 6.92 Å². The Labute approximate surface area is 98.6 Å². The quantitative estimate of drug-likeness (QED) is 0.774. The SMILES string of the molecule is CCOc1cncc(N(CCN)CC(F)F)n1. The van der Waals surface area contributed by atoms with E-state index in [1.807, 2.05) is 6.92 Å². The molecule has 5 nitrogen and oxygen atoms in total. The van der Waals surface area contributed by atoms with E-state index in [-0.39, 0.29) is 6.54 Å². The molecular weight excluding hydrogens is 230 g/mol. The largest absolute Gasteiger partial charge is 0.477 e. The molecule has 0 amide bonds. The van der Waals surface area contributed by atoms with Crippen LogP contribution in [-0.4, -0.2) is 42.6 Å². The number of nitrogens with two attached hydrogens (primary N) is 1. The molecule has 0 bridgehead atoms. The predicted octanol–water partition coefficient (Wildman–Crippen LogP) is 0.905. The van der Waals surface area contributed by atoms with Crippen molar-refractivity contribution in [2.75, 3.05) is 31.1 Å². The van der Waals surface area contributed by atoms with Gasteiger partial charge >= 0.3 is 0 Å². The minimum atomic E-state index is -2.45. The third kappa shape index (κ3) is 4.48. The van der Waals surface area contributed by atoms with Gasteiger partial charge in [0.05, 0.1) is 25.5 Å². The van der Waals surface area contributed by atoms with E-state index in [1.54, 1.807) is 0 Å². The number of hydrogen-bond acceptors (Lipinski definition) is 5. The number of nitrogens with zero attached hydrogens (tertiary/aromatic N) is 3. The van der Waals surface area contributed by atoms with Crippen LogP contribution in [0.4, 0.5) is 14.6 Å². The Bertz CT molecular complexity index is 338. The molecule has 0 aromatic carbocycles. The molecule has 7 heteroatoms. The van der Waals surface area contributed by atoms with Crippen molar-refractivity contribution in [1.82, 2.24) is 9.97 Å². The van der Waals surface area contributed by atoms with Gasteiger partial charge in [0.25, 0.3) is 6.43 Å². The summed E-state index contributed by atoms with van der Waals surface area (Å²) in [6.45, 7) is 2.42. The normalized spacial score (nSPS) is 10.6. The van der Waals surface area contributed by atoms with Gasteiger partial charge in [0.2, 0.25) is 5.88 Å². The lowest BCUT2D eigenvalue weighted by atomic mass is 10.4. The third-order valence-electron chi connectivity index (χ3n) is 1.97. The summed E-state index contributed by atoms with van der Waals surface area (Å²) in [7, 11) is 0. The number of ether oxygens (including phenoxy) is 1. The van der Waals surface area contributed by atoms with Crippen LogP contribution in [0.2, 0.25) is 0 Å². The van der Waals surface area contributed by atoms with Crippen molar-refractivity contribution in [3.8, 4) is 5.88 Å². The first kappa shape index (κ1) is 13.6. The number of hydrogen-bond donors (Lipinski definition) is 1. The number of halogens is 2. The third-order valence-corrected chi connectivity index (χ3v) is 1.97. The number of alkyl halides is 2. The second kappa shape index (κ2) is 6.95. The van der Waals surface area contributed by atoms with Crippen molar-refractivity contribution in [2.45, 2.75) is 13.3 Å². The molecule has 17 heavy (non-hydrogen) atoms. The standard InChI is InChI=1S/C10H16F2N4O/c1-2-17-10-6-14-5-9(15-10)16(4-3-13)7-8(11)12/h5-6,8H,2-4,7,13H2,1H3. The highest BCUT2D eigenvalue weighted by molar-refractivity contribution is 5.37. The van der Waals surface area contributed by atoms with Crippen LogP contribution in [0.3, 0.4) is 0 Å². The summed E-state index contributed by atoms with van der Waals surface area (Å²) in [5, 5.41) is 0. The van der Waals surface area contributed by atoms with Crippen LogP contribution < -0.4 is 15.4 Å². The van der Waals surface area contributed by atoms with E-state index in [0.29, 0.717) is 24.8 Å². The highest BCUT2D eigenvalue weighted by Gasteiger charge is 2.14. The average molecular weight is 246 g/mol. The van der Waals surface area contributed by atoms with Crippen LogP contribution in [0.1, 0.15) is 6.92 Å². The minimum Gasteiger partial charge on any atom is -0.477 e. The maximum absolute atomic E-state index is 12.4. The molecule has 0 saturated carbocycles. The molecule has 0 radical (unpaired) electrons. The van der Waals surface area contributed by atoms with E-state index in [4.69, 9.17) is 10.5 Å². The number of aromatic nitrogens is 2. The number of anilines is 1. The maximum Gasteiger partial charge on any atom is 0.255 e. The van der Waals surface area contributed by atoms with Crippen molar-refractivity contribution in [3.63, 3.8) is 0 Å². The van der Waals surface area contributed by atoms with Crippen LogP contribution in [0, 0.1) is 0 Å². The van der Waals surface area contributed by atoms with E-state index in [9.17, 15) is 8.78 Å². The van der Waals surface area contributed by atoms with Crippen LogP contribution in [0.25, 0.3) is 0 Å². The fraction of sp³-hybridized carbons (Fsp3) is 0.600. The highest BCUT2D eigenvalue weighted by atomic mass is 19.3. The Morgan fingerprint density at radius 1 is 1.47 bits per heavy atom. The summed E-state index contributed by atoms with van der Waals surface area (Å²) < 4.78 is 29.9. The smallest absolute Gasteiger partial charge is 0.255 e. The summed E-state index contributed by atoms with van der Waals surface area (Å²) in [5.74, 6) is 0.669. The van der Waals surface area contributed by atoms with E-state index < -0.39 is 13.0 Å². The molecule has 0 unspecified atom stereocenters. The van der Waals surface area contributed by atoms with Crippen LogP contribution >= 0.6 is 0 Å². The Morgan fingerprint density at radius 2 is 2.24 bits per heavy atom. The lowest BCUT2D eigenvalue weighted by molar-refractivity contribution is 0.154. The molecule has 0 spiro atoms. The van der Waals surface area contributed by atoms with Gasteiger partial charge in [-0.2, -0.15) is 4.98 Å². The zero-order chi connectivity index (χ0) is 12.7. The summed E-state index contributed by atoms with van der Waals surface area (Å²) in [6, 6.07) is 0. The fourth-order valence-electron chi connectivity index (χ4n) is 1.33. The molecule has 1 heterocycles. The summed E-state index contributed by atoms with van der Waals surface area (Å²) in [4.78, 5) is 9.37. The van der Waals surface area contributed by atoms with Gasteiger partial charge in [-0.3, -0.25) is 4.98 Å². The zero-order valence-electron chi connectivity index (χ0n) is 9.64. The van der Waals surface area contributed by atoms with Crippen molar-refractivity contribution in [3.05, 3.63) is 12.4 Å². The van der Waals surface area contributed by atoms with E-state index in [1.165, 1.54) is 17.3 Å². The van der Waals surface area contributed by atoms with Gasteiger partial charge in [0, 0.05) is 13.1 Å². The topological polar surface area (TPSA) is 64.3 Å². The van der Waals surface area contributed by atoms with Gasteiger partial charge in [0.15, 0.2) is 5.82 Å². The first-order chi connectivity index (χ1) is 8.17. The number of rotatable bonds is 7. The van der Waals surface area contributed by atoms with Crippen LogP contribution in [0.5, 0.6) is 5.88 Å². The van der Waals surface area contributed by atoms with E-state index in [0.717, 1.165) is 0 Å². The Kier molecular flexibility index (Phi) is 5.55. The molecular formula is C10H16F2N4O. The van der Waals surface area contributed by atoms with Crippen molar-refractivity contribution in [1.29, 1.82) is 0 Å². The minimum absolute atomic E-state index is 0.271. The molecule has 0 fully saturated rings. The molecule has 96 valence electrons. The lowest BCUT2D eigenvalue weighted by Gasteiger charge is -2.22. The first-order valence-corrected chi connectivity index (χ1v) is 5.35. The van der Waals surface area contributed by atoms with Crippen molar-refractivity contribution < 1.29 is 13.5 Å². The molecule has 1 rings (SSSR count). The highest BCUT2D eigenvalue weighted by Crippen LogP contribution is 2.14. The average Bonchev–Trinajstić information content (AvgIpc) is 2.29. The Hall–Kier alpha value is -1.50. The summed E-state index contributed by atoms with van der Waals surface area (Å²) in [5.41, 5.74) is 5.37. The molecule has 2 N–H and O–H groups in total. The van der Waals surface area contributed by atoms with E-state index >= 15 is 0 Å². The Balaban J connectivity index is 2.81. The van der Waals surface area contributed by atoms with Gasteiger partial charge in [0.1, 0.15) is 0 Å². The van der Waals surface area contributed by atoms with Gasteiger partial charge in [-0.1, -0.05) is 0 Å². The van der Waals surface area contributed by atoms with E-state index in [2.05, 4.69) is 9.97 Å². The zero-order valence-corrected chi connectivity index (χ0v) is 9.64. The summed E-state index contributed by atoms with van der Waals surface area (Å²) in [6.07, 6.45) is 0.412. The molecule has 0 aliphatic heterocycles. The van der Waals surface area contributed by atoms with Gasteiger partial charge in [-0.25, -0.2) is 8.78 Å². The van der Waals surface area contributed by atoms with Gasteiger partial charge < -0.3 is 15.4 Å². The van der Waals surface area contributed by atoms with Crippen LogP contribution in [0.15, 0.2) is 12.4 Å². The van der Waals surface area contributed by atoms with Gasteiger partial charge in [-0.15, -0.1) is 0 Å².